The summed E-state index contributed by atoms with van der Waals surface area (Å²) in [4.78, 5) is 15.9. The van der Waals surface area contributed by atoms with E-state index in [2.05, 4.69) is 9.80 Å². The van der Waals surface area contributed by atoms with Gasteiger partial charge in [0.2, 0.25) is 0 Å². The zero-order chi connectivity index (χ0) is 8.13. The molecule has 0 bridgehead atoms. The van der Waals surface area contributed by atoms with Crippen LogP contribution in [-0.4, -0.2) is 41.0 Å². The Hall–Kier alpha value is -0.730. The molecule has 3 nitrogen and oxygen atoms in total. The minimum atomic E-state index is 0.319. The molecule has 3 heteroatoms. The minimum absolute atomic E-state index is 0.319. The van der Waals surface area contributed by atoms with Crippen LogP contribution in [0.3, 0.4) is 0 Å². The van der Waals surface area contributed by atoms with Crippen molar-refractivity contribution >= 4 is 6.03 Å². The lowest BCUT2D eigenvalue weighted by molar-refractivity contribution is 0.194. The second-order valence-corrected chi connectivity index (χ2v) is 4.09. The van der Waals surface area contributed by atoms with E-state index in [0.29, 0.717) is 18.1 Å². The van der Waals surface area contributed by atoms with Gasteiger partial charge in [0.1, 0.15) is 0 Å². The second kappa shape index (κ2) is 2.15. The minimum Gasteiger partial charge on any atom is -0.320 e. The van der Waals surface area contributed by atoms with Crippen molar-refractivity contribution in [3.8, 4) is 0 Å². The summed E-state index contributed by atoms with van der Waals surface area (Å²) in [6.45, 7) is 2.02. The number of rotatable bonds is 0. The fraction of sp³-hybridized carbons (Fsp3) is 0.889. The first-order chi connectivity index (χ1) is 5.88. The highest BCUT2D eigenvalue weighted by atomic mass is 16.2. The first kappa shape index (κ1) is 6.75. The van der Waals surface area contributed by atoms with Gasteiger partial charge in [-0.1, -0.05) is 0 Å². The summed E-state index contributed by atoms with van der Waals surface area (Å²) < 4.78 is 0. The van der Waals surface area contributed by atoms with Gasteiger partial charge in [-0.05, 0) is 25.7 Å². The van der Waals surface area contributed by atoms with E-state index < -0.39 is 0 Å². The van der Waals surface area contributed by atoms with Gasteiger partial charge in [-0.3, -0.25) is 0 Å². The van der Waals surface area contributed by atoms with Crippen LogP contribution in [-0.2, 0) is 0 Å². The van der Waals surface area contributed by atoms with E-state index >= 15 is 0 Å². The fourth-order valence-electron chi connectivity index (χ4n) is 3.03. The molecule has 0 aromatic heterocycles. The van der Waals surface area contributed by atoms with Gasteiger partial charge in [0.15, 0.2) is 0 Å². The number of urea groups is 1. The molecule has 3 rings (SSSR count). The van der Waals surface area contributed by atoms with Gasteiger partial charge in [-0.2, -0.15) is 0 Å². The Kier molecular flexibility index (Phi) is 1.21. The molecule has 66 valence electrons. The van der Waals surface area contributed by atoms with Crippen LogP contribution >= 0.6 is 0 Å². The maximum atomic E-state index is 11.7. The molecule has 3 aliphatic heterocycles. The standard InChI is InChI=1S/C9H14N2O/c12-9-10-5-1-3-7(10)8-4-2-6-11(8)9/h7-8H,1-6H2. The highest BCUT2D eigenvalue weighted by Gasteiger charge is 2.49. The lowest BCUT2D eigenvalue weighted by atomic mass is 10.1. The Morgan fingerprint density at radius 3 is 2.00 bits per heavy atom. The van der Waals surface area contributed by atoms with Crippen LogP contribution in [0.5, 0.6) is 0 Å². The quantitative estimate of drug-likeness (QED) is 0.527. The zero-order valence-electron chi connectivity index (χ0n) is 7.20. The summed E-state index contributed by atoms with van der Waals surface area (Å²) in [6.07, 6.45) is 4.93. The summed E-state index contributed by atoms with van der Waals surface area (Å²) >= 11 is 0. The van der Waals surface area contributed by atoms with E-state index in [0.717, 1.165) is 13.1 Å². The molecule has 0 N–H and O–H groups in total. The zero-order valence-corrected chi connectivity index (χ0v) is 7.20. The van der Waals surface area contributed by atoms with Crippen molar-refractivity contribution in [1.82, 2.24) is 9.80 Å². The van der Waals surface area contributed by atoms with E-state index in [1.165, 1.54) is 25.7 Å². The lowest BCUT2D eigenvalue weighted by Crippen LogP contribution is -2.31. The molecule has 2 unspecified atom stereocenters. The summed E-state index contributed by atoms with van der Waals surface area (Å²) in [7, 11) is 0. The third-order valence-electron chi connectivity index (χ3n) is 3.53. The SMILES string of the molecule is O=C1N2CCCC2C2CCCN12. The Balaban J connectivity index is 1.94. The van der Waals surface area contributed by atoms with Gasteiger partial charge in [0.05, 0.1) is 12.1 Å². The number of amides is 2. The molecular formula is C9H14N2O. The predicted molar refractivity (Wildman–Crippen MR) is 44.9 cm³/mol. The Morgan fingerprint density at radius 2 is 1.50 bits per heavy atom. The summed E-state index contributed by atoms with van der Waals surface area (Å²) in [6, 6.07) is 1.49. The Bertz CT molecular complexity index is 207. The molecule has 3 heterocycles. The van der Waals surface area contributed by atoms with E-state index in [1.54, 1.807) is 0 Å². The topological polar surface area (TPSA) is 23.6 Å². The number of nitrogens with zero attached hydrogens (tertiary/aromatic N) is 2. The third kappa shape index (κ3) is 0.648. The van der Waals surface area contributed by atoms with Crippen molar-refractivity contribution < 1.29 is 4.79 Å². The van der Waals surface area contributed by atoms with E-state index in [4.69, 9.17) is 0 Å². The third-order valence-corrected chi connectivity index (χ3v) is 3.53. The van der Waals surface area contributed by atoms with E-state index in [-0.39, 0.29) is 0 Å². The second-order valence-electron chi connectivity index (χ2n) is 4.09. The van der Waals surface area contributed by atoms with E-state index in [1.807, 2.05) is 0 Å². The van der Waals surface area contributed by atoms with Crippen LogP contribution < -0.4 is 0 Å². The van der Waals surface area contributed by atoms with Crippen LogP contribution in [0.2, 0.25) is 0 Å². The molecule has 0 aliphatic carbocycles. The molecule has 2 amide bonds. The number of hydrogen-bond donors (Lipinski definition) is 0. The van der Waals surface area contributed by atoms with Crippen LogP contribution in [0, 0.1) is 0 Å². The summed E-state index contributed by atoms with van der Waals surface area (Å²) in [5.74, 6) is 0. The highest BCUT2D eigenvalue weighted by molar-refractivity contribution is 5.78. The summed E-state index contributed by atoms with van der Waals surface area (Å²) in [5.41, 5.74) is 0. The van der Waals surface area contributed by atoms with Gasteiger partial charge in [-0.15, -0.1) is 0 Å². The van der Waals surface area contributed by atoms with Crippen LogP contribution in [0.25, 0.3) is 0 Å². The molecule has 3 fully saturated rings. The van der Waals surface area contributed by atoms with Crippen molar-refractivity contribution in [1.29, 1.82) is 0 Å². The molecular weight excluding hydrogens is 152 g/mol. The smallest absolute Gasteiger partial charge is 0.320 e. The Labute approximate surface area is 72.3 Å². The average molecular weight is 166 g/mol. The van der Waals surface area contributed by atoms with Gasteiger partial charge < -0.3 is 9.80 Å². The lowest BCUT2D eigenvalue weighted by Gasteiger charge is -2.16. The van der Waals surface area contributed by atoms with Crippen molar-refractivity contribution in [2.24, 2.45) is 0 Å². The van der Waals surface area contributed by atoms with Gasteiger partial charge in [-0.25, -0.2) is 4.79 Å². The number of carbonyl (C=O) groups excluding carboxylic acids is 1. The Morgan fingerprint density at radius 1 is 1.00 bits per heavy atom. The van der Waals surface area contributed by atoms with Crippen molar-refractivity contribution in [2.75, 3.05) is 13.1 Å². The van der Waals surface area contributed by atoms with Crippen LogP contribution in [0.4, 0.5) is 4.79 Å². The number of carbonyl (C=O) groups is 1. The normalized spacial score (nSPS) is 39.2. The van der Waals surface area contributed by atoms with E-state index in [9.17, 15) is 4.79 Å². The molecule has 3 aliphatic rings. The molecule has 2 atom stereocenters. The summed E-state index contributed by atoms with van der Waals surface area (Å²) in [5, 5.41) is 0. The van der Waals surface area contributed by atoms with Crippen LogP contribution in [0.1, 0.15) is 25.7 Å². The highest BCUT2D eigenvalue weighted by Crippen LogP contribution is 2.36. The van der Waals surface area contributed by atoms with Crippen molar-refractivity contribution in [2.45, 2.75) is 37.8 Å². The first-order valence-electron chi connectivity index (χ1n) is 4.95. The molecule has 0 aromatic carbocycles. The maximum Gasteiger partial charge on any atom is 0.320 e. The molecule has 0 radical (unpaired) electrons. The first-order valence-corrected chi connectivity index (χ1v) is 4.95. The molecule has 0 aromatic rings. The number of fused-ring (bicyclic) bond motifs is 3. The number of hydrogen-bond acceptors (Lipinski definition) is 1. The molecule has 3 saturated heterocycles. The van der Waals surface area contributed by atoms with Gasteiger partial charge >= 0.3 is 6.03 Å². The molecule has 12 heavy (non-hydrogen) atoms. The monoisotopic (exact) mass is 166 g/mol. The van der Waals surface area contributed by atoms with Gasteiger partial charge in [0, 0.05) is 13.1 Å². The fourth-order valence-corrected chi connectivity index (χ4v) is 3.03. The maximum absolute atomic E-state index is 11.7. The predicted octanol–water partition coefficient (Wildman–Crippen LogP) is 1.05. The van der Waals surface area contributed by atoms with Crippen molar-refractivity contribution in [3.63, 3.8) is 0 Å². The average Bonchev–Trinajstić information content (AvgIpc) is 2.72. The molecule has 0 spiro atoms. The largest absolute Gasteiger partial charge is 0.320 e. The van der Waals surface area contributed by atoms with Gasteiger partial charge in [0.25, 0.3) is 0 Å². The molecule has 0 saturated carbocycles. The van der Waals surface area contributed by atoms with Crippen LogP contribution in [0.15, 0.2) is 0 Å². The van der Waals surface area contributed by atoms with Crippen molar-refractivity contribution in [3.05, 3.63) is 0 Å².